The molecule has 0 aliphatic rings. The second-order valence-corrected chi connectivity index (χ2v) is 13.0. The summed E-state index contributed by atoms with van der Waals surface area (Å²) in [7, 11) is 0.275. The molecule has 2 aromatic rings. The number of rotatable bonds is 6. The van der Waals surface area contributed by atoms with Gasteiger partial charge in [0, 0.05) is 0 Å². The van der Waals surface area contributed by atoms with E-state index in [1.807, 2.05) is 60.7 Å². The SMILES string of the molecule is CC[PH+](CC)CC.CC[PH+](CC)CC.[Pt+2].[c-]1ccccc1.[c-]1ccccc1. The van der Waals surface area contributed by atoms with Crippen LogP contribution in [-0.2, 0) is 21.1 Å². The van der Waals surface area contributed by atoms with Crippen molar-refractivity contribution in [3.05, 3.63) is 72.8 Å². The Morgan fingerprint density at radius 3 is 0.704 bits per heavy atom. The van der Waals surface area contributed by atoms with E-state index >= 15 is 0 Å². The zero-order valence-electron chi connectivity index (χ0n) is 18.3. The Balaban J connectivity index is -0.000000281. The van der Waals surface area contributed by atoms with Gasteiger partial charge in [-0.1, -0.05) is 0 Å². The van der Waals surface area contributed by atoms with E-state index in [1.165, 1.54) is 37.0 Å². The van der Waals surface area contributed by atoms with E-state index in [9.17, 15) is 0 Å². The van der Waals surface area contributed by atoms with E-state index in [0.29, 0.717) is 0 Å². The molecule has 0 aliphatic heterocycles. The van der Waals surface area contributed by atoms with E-state index in [0.717, 1.165) is 0 Å². The van der Waals surface area contributed by atoms with Gasteiger partial charge in [-0.25, -0.2) is 0 Å². The normalized spacial score (nSPS) is 8.89. The molecule has 0 radical (unpaired) electrons. The van der Waals surface area contributed by atoms with E-state index in [4.69, 9.17) is 0 Å². The predicted molar refractivity (Wildman–Crippen MR) is 130 cm³/mol. The maximum absolute atomic E-state index is 2.89. The first kappa shape index (κ1) is 31.7. The molecule has 27 heavy (non-hydrogen) atoms. The van der Waals surface area contributed by atoms with Gasteiger partial charge >= 0.3 is 21.1 Å². The largest absolute Gasteiger partial charge is 2.00 e. The molecule has 0 saturated carbocycles. The number of benzene rings is 2. The van der Waals surface area contributed by atoms with Crippen LogP contribution in [0.25, 0.3) is 0 Å². The zero-order chi connectivity index (χ0) is 19.9. The molecule has 0 N–H and O–H groups in total. The fraction of sp³-hybridized carbons (Fsp3) is 0.500. The Kier molecular flexibility index (Phi) is 33.1. The average Bonchev–Trinajstić information content (AvgIpc) is 2.75. The summed E-state index contributed by atoms with van der Waals surface area (Å²) in [5, 5.41) is 0. The molecule has 0 saturated heterocycles. The van der Waals surface area contributed by atoms with Gasteiger partial charge in [-0.3, -0.25) is 0 Å². The summed E-state index contributed by atoms with van der Waals surface area (Å²) in [6.45, 7) is 13.8. The standard InChI is InChI=1S/2C6H15P.2C6H5.Pt/c2*1-4-7(5-2)6-3;2*1-2-4-6-5-3-1;/h2*4-6H2,1-3H3;2*1-5H;/q;;2*-1;+2/p+2. The molecule has 0 nitrogen and oxygen atoms in total. The van der Waals surface area contributed by atoms with Gasteiger partial charge in [0.25, 0.3) is 0 Å². The van der Waals surface area contributed by atoms with Crippen LogP contribution in [-0.4, -0.2) is 37.0 Å². The van der Waals surface area contributed by atoms with Gasteiger partial charge in [0.2, 0.25) is 0 Å². The van der Waals surface area contributed by atoms with Gasteiger partial charge in [0.15, 0.2) is 0 Å². The van der Waals surface area contributed by atoms with Gasteiger partial charge in [-0.2, -0.15) is 72.8 Å². The maximum Gasteiger partial charge on any atom is 2.00 e. The minimum atomic E-state index is 0. The van der Waals surface area contributed by atoms with Crippen molar-refractivity contribution in [2.24, 2.45) is 0 Å². The molecule has 3 heteroatoms. The minimum Gasteiger partial charge on any atom is -0.184 e. The molecule has 0 aliphatic carbocycles. The summed E-state index contributed by atoms with van der Waals surface area (Å²) < 4.78 is 0. The van der Waals surface area contributed by atoms with Crippen molar-refractivity contribution in [1.29, 1.82) is 0 Å². The van der Waals surface area contributed by atoms with E-state index in [1.54, 1.807) is 0 Å². The third kappa shape index (κ3) is 26.0. The van der Waals surface area contributed by atoms with Gasteiger partial charge in [-0.05, 0) is 57.4 Å². The minimum absolute atomic E-state index is 0. The molecule has 0 unspecified atom stereocenters. The molecule has 0 atom stereocenters. The maximum atomic E-state index is 2.89. The van der Waals surface area contributed by atoms with Crippen LogP contribution in [0.5, 0.6) is 0 Å². The van der Waals surface area contributed by atoms with Gasteiger partial charge in [0.1, 0.15) is 0 Å². The van der Waals surface area contributed by atoms with Crippen LogP contribution in [0.15, 0.2) is 60.7 Å². The second kappa shape index (κ2) is 28.2. The third-order valence-corrected chi connectivity index (χ3v) is 10.2. The van der Waals surface area contributed by atoms with Crippen molar-refractivity contribution in [3.63, 3.8) is 0 Å². The van der Waals surface area contributed by atoms with Crippen molar-refractivity contribution in [1.82, 2.24) is 0 Å². The zero-order valence-corrected chi connectivity index (χ0v) is 22.6. The monoisotopic (exact) mass is 587 g/mol. The topological polar surface area (TPSA) is 0 Å². The van der Waals surface area contributed by atoms with Crippen molar-refractivity contribution in [2.75, 3.05) is 37.0 Å². The Labute approximate surface area is 187 Å². The van der Waals surface area contributed by atoms with Crippen LogP contribution in [0.4, 0.5) is 0 Å². The Bertz CT molecular complexity index is 321. The summed E-state index contributed by atoms with van der Waals surface area (Å²) >= 11 is 0. The summed E-state index contributed by atoms with van der Waals surface area (Å²) in [6.07, 6.45) is 8.74. The number of hydrogen-bond acceptors (Lipinski definition) is 0. The second-order valence-electron chi connectivity index (χ2n) is 5.78. The van der Waals surface area contributed by atoms with Crippen LogP contribution >= 0.6 is 15.8 Å². The molecule has 2 rings (SSSR count). The molecular formula is C24H42P2Pt+2. The van der Waals surface area contributed by atoms with E-state index in [-0.39, 0.29) is 36.9 Å². The predicted octanol–water partition coefficient (Wildman–Crippen LogP) is 7.49. The van der Waals surface area contributed by atoms with Crippen LogP contribution in [0.3, 0.4) is 0 Å². The Morgan fingerprint density at radius 1 is 0.444 bits per heavy atom. The van der Waals surface area contributed by atoms with Crippen molar-refractivity contribution < 1.29 is 21.1 Å². The molecule has 0 fully saturated rings. The van der Waals surface area contributed by atoms with Crippen LogP contribution in [0, 0.1) is 12.1 Å². The first-order valence-corrected chi connectivity index (χ1v) is 14.4. The fourth-order valence-corrected chi connectivity index (χ4v) is 5.18. The molecule has 0 aromatic heterocycles. The van der Waals surface area contributed by atoms with Crippen LogP contribution < -0.4 is 0 Å². The van der Waals surface area contributed by atoms with E-state index in [2.05, 4.69) is 53.7 Å². The number of hydrogen-bond donors (Lipinski definition) is 0. The van der Waals surface area contributed by atoms with Crippen LogP contribution in [0.2, 0.25) is 0 Å². The summed E-state index contributed by atoms with van der Waals surface area (Å²) in [5.74, 6) is 0. The summed E-state index contributed by atoms with van der Waals surface area (Å²) in [4.78, 5) is 0. The molecule has 2 aromatic carbocycles. The first-order valence-electron chi connectivity index (χ1n) is 10.2. The van der Waals surface area contributed by atoms with Gasteiger partial charge in [0.05, 0.1) is 37.0 Å². The molecule has 0 heterocycles. The molecule has 0 amide bonds. The van der Waals surface area contributed by atoms with Crippen molar-refractivity contribution >= 4 is 15.8 Å². The van der Waals surface area contributed by atoms with Crippen molar-refractivity contribution in [3.8, 4) is 0 Å². The molecule has 156 valence electrons. The molecule has 0 spiro atoms. The van der Waals surface area contributed by atoms with Crippen molar-refractivity contribution in [2.45, 2.75) is 41.5 Å². The summed E-state index contributed by atoms with van der Waals surface area (Å²) in [6, 6.07) is 25.0. The van der Waals surface area contributed by atoms with E-state index < -0.39 is 0 Å². The fourth-order valence-electron chi connectivity index (χ4n) is 2.18. The van der Waals surface area contributed by atoms with Gasteiger partial charge in [-0.15, -0.1) is 0 Å². The van der Waals surface area contributed by atoms with Gasteiger partial charge < -0.3 is 0 Å². The summed E-state index contributed by atoms with van der Waals surface area (Å²) in [5.41, 5.74) is 0. The van der Waals surface area contributed by atoms with Crippen LogP contribution in [0.1, 0.15) is 41.5 Å². The molecular weight excluding hydrogens is 545 g/mol. The molecule has 0 bridgehead atoms. The quantitative estimate of drug-likeness (QED) is 0.243. The Hall–Kier alpha value is -0.0117. The average molecular weight is 588 g/mol. The Morgan fingerprint density at radius 2 is 0.667 bits per heavy atom. The third-order valence-electron chi connectivity index (χ3n) is 4.21. The smallest absolute Gasteiger partial charge is 0.184 e. The first-order chi connectivity index (χ1) is 12.7.